The minimum Gasteiger partial charge on any atom is -0.493 e. The summed E-state index contributed by atoms with van der Waals surface area (Å²) in [6.45, 7) is 3.32. The van der Waals surface area contributed by atoms with Crippen LogP contribution in [0, 0.1) is 6.92 Å². The minimum atomic E-state index is 0.509. The molecule has 0 atom stereocenters. The molecule has 2 N–H and O–H groups in total. The number of hydrogen-bond donors (Lipinski definition) is 1. The average molecular weight is 240 g/mol. The van der Waals surface area contributed by atoms with Gasteiger partial charge < -0.3 is 10.5 Å². The summed E-state index contributed by atoms with van der Waals surface area (Å²) >= 11 is 0. The zero-order valence-corrected chi connectivity index (χ0v) is 10.4. The summed E-state index contributed by atoms with van der Waals surface area (Å²) in [7, 11) is 0. The van der Waals surface area contributed by atoms with E-state index in [4.69, 9.17) is 10.5 Å². The second kappa shape index (κ2) is 4.42. The molecule has 1 aromatic carbocycles. The van der Waals surface area contributed by atoms with Crippen LogP contribution in [0.1, 0.15) is 16.7 Å². The van der Waals surface area contributed by atoms with Crippen LogP contribution in [0.25, 0.3) is 11.1 Å². The number of rotatable bonds is 2. The van der Waals surface area contributed by atoms with E-state index in [0.29, 0.717) is 6.54 Å². The zero-order chi connectivity index (χ0) is 12.5. The molecule has 0 spiro atoms. The van der Waals surface area contributed by atoms with Gasteiger partial charge in [-0.2, -0.15) is 0 Å². The summed E-state index contributed by atoms with van der Waals surface area (Å²) in [6.07, 6.45) is 4.73. The highest BCUT2D eigenvalue weighted by Gasteiger charge is 2.17. The summed E-state index contributed by atoms with van der Waals surface area (Å²) < 4.78 is 5.64. The molecule has 3 rings (SSSR count). The van der Waals surface area contributed by atoms with E-state index >= 15 is 0 Å². The second-order valence-corrected chi connectivity index (χ2v) is 4.68. The Morgan fingerprint density at radius 2 is 2.11 bits per heavy atom. The first-order chi connectivity index (χ1) is 8.78. The molecule has 0 bridgehead atoms. The van der Waals surface area contributed by atoms with Crippen LogP contribution in [0.15, 0.2) is 30.6 Å². The second-order valence-electron chi connectivity index (χ2n) is 4.68. The van der Waals surface area contributed by atoms with E-state index in [1.165, 1.54) is 16.7 Å². The van der Waals surface area contributed by atoms with Crippen molar-refractivity contribution >= 4 is 0 Å². The molecule has 0 fully saturated rings. The van der Waals surface area contributed by atoms with Crippen LogP contribution < -0.4 is 10.5 Å². The normalized spacial score (nSPS) is 13.2. The van der Waals surface area contributed by atoms with Crippen molar-refractivity contribution in [2.75, 3.05) is 6.61 Å². The number of nitrogens with two attached hydrogens (primary N) is 1. The summed E-state index contributed by atoms with van der Waals surface area (Å²) in [5.41, 5.74) is 11.6. The summed E-state index contributed by atoms with van der Waals surface area (Å²) in [6, 6.07) is 6.45. The molecule has 1 aliphatic rings. The van der Waals surface area contributed by atoms with Gasteiger partial charge in [-0.3, -0.25) is 4.98 Å². The monoisotopic (exact) mass is 240 g/mol. The van der Waals surface area contributed by atoms with Gasteiger partial charge >= 0.3 is 0 Å². The molecule has 18 heavy (non-hydrogen) atoms. The molecular weight excluding hydrogens is 224 g/mol. The molecule has 1 aromatic heterocycles. The van der Waals surface area contributed by atoms with Crippen molar-refractivity contribution < 1.29 is 4.74 Å². The third-order valence-corrected chi connectivity index (χ3v) is 3.29. The van der Waals surface area contributed by atoms with Crippen LogP contribution in [0.5, 0.6) is 5.75 Å². The molecular formula is C15H16N2O. The fraction of sp³-hybridized carbons (Fsp3) is 0.267. The summed E-state index contributed by atoms with van der Waals surface area (Å²) in [5.74, 6) is 0.988. The SMILES string of the molecule is Cc1cncc(-c2cc(CN)c3c(c2)CCO3)c1. The van der Waals surface area contributed by atoms with E-state index in [9.17, 15) is 0 Å². The molecule has 2 aromatic rings. The first kappa shape index (κ1) is 11.2. The maximum absolute atomic E-state index is 5.80. The van der Waals surface area contributed by atoms with Gasteiger partial charge in [0.15, 0.2) is 0 Å². The smallest absolute Gasteiger partial charge is 0.127 e. The van der Waals surface area contributed by atoms with Crippen molar-refractivity contribution in [2.24, 2.45) is 5.73 Å². The van der Waals surface area contributed by atoms with Gasteiger partial charge in [0.2, 0.25) is 0 Å². The van der Waals surface area contributed by atoms with Crippen molar-refractivity contribution in [3.05, 3.63) is 47.3 Å². The highest BCUT2D eigenvalue weighted by atomic mass is 16.5. The molecule has 2 heterocycles. The number of pyridine rings is 1. The number of ether oxygens (including phenoxy) is 1. The van der Waals surface area contributed by atoms with Crippen molar-refractivity contribution in [3.8, 4) is 16.9 Å². The molecule has 0 saturated heterocycles. The van der Waals surface area contributed by atoms with Crippen LogP contribution in [0.2, 0.25) is 0 Å². The third kappa shape index (κ3) is 1.87. The van der Waals surface area contributed by atoms with E-state index in [2.05, 4.69) is 30.1 Å². The molecule has 0 saturated carbocycles. The highest BCUT2D eigenvalue weighted by molar-refractivity contribution is 5.67. The van der Waals surface area contributed by atoms with Crippen LogP contribution in [-0.4, -0.2) is 11.6 Å². The van der Waals surface area contributed by atoms with Crippen LogP contribution >= 0.6 is 0 Å². The average Bonchev–Trinajstić information content (AvgIpc) is 2.85. The Kier molecular flexibility index (Phi) is 2.76. The molecule has 92 valence electrons. The van der Waals surface area contributed by atoms with Gasteiger partial charge in [-0.15, -0.1) is 0 Å². The topological polar surface area (TPSA) is 48.1 Å². The van der Waals surface area contributed by atoms with Gasteiger partial charge in [-0.25, -0.2) is 0 Å². The maximum Gasteiger partial charge on any atom is 0.127 e. The summed E-state index contributed by atoms with van der Waals surface area (Å²) in [4.78, 5) is 4.25. The Bertz CT molecular complexity index is 593. The van der Waals surface area contributed by atoms with Crippen molar-refractivity contribution in [2.45, 2.75) is 19.9 Å². The number of aromatic nitrogens is 1. The van der Waals surface area contributed by atoms with Gasteiger partial charge in [0, 0.05) is 36.5 Å². The molecule has 0 radical (unpaired) electrons. The maximum atomic E-state index is 5.80. The first-order valence-electron chi connectivity index (χ1n) is 6.18. The predicted molar refractivity (Wildman–Crippen MR) is 71.5 cm³/mol. The Balaban J connectivity index is 2.13. The molecule has 1 aliphatic heterocycles. The van der Waals surface area contributed by atoms with Crippen molar-refractivity contribution in [1.29, 1.82) is 0 Å². The Morgan fingerprint density at radius 3 is 2.89 bits per heavy atom. The molecule has 0 amide bonds. The highest BCUT2D eigenvalue weighted by Crippen LogP contribution is 2.34. The largest absolute Gasteiger partial charge is 0.493 e. The Labute approximate surface area is 107 Å². The van der Waals surface area contributed by atoms with Crippen molar-refractivity contribution in [1.82, 2.24) is 4.98 Å². The number of nitrogens with zero attached hydrogens (tertiary/aromatic N) is 1. The number of aryl methyl sites for hydroxylation is 1. The molecule has 3 nitrogen and oxygen atoms in total. The lowest BCUT2D eigenvalue weighted by Crippen LogP contribution is -2.00. The lowest BCUT2D eigenvalue weighted by molar-refractivity contribution is 0.353. The molecule has 0 unspecified atom stereocenters. The van der Waals surface area contributed by atoms with Crippen molar-refractivity contribution in [3.63, 3.8) is 0 Å². The number of hydrogen-bond acceptors (Lipinski definition) is 3. The Hall–Kier alpha value is -1.87. The van der Waals surface area contributed by atoms with Gasteiger partial charge in [0.1, 0.15) is 5.75 Å². The van der Waals surface area contributed by atoms with E-state index in [1.54, 1.807) is 0 Å². The van der Waals surface area contributed by atoms with E-state index < -0.39 is 0 Å². The molecule has 0 aliphatic carbocycles. The van der Waals surface area contributed by atoms with E-state index in [1.807, 2.05) is 12.4 Å². The zero-order valence-electron chi connectivity index (χ0n) is 10.4. The summed E-state index contributed by atoms with van der Waals surface area (Å²) in [5, 5.41) is 0. The molecule has 3 heteroatoms. The Morgan fingerprint density at radius 1 is 1.22 bits per heavy atom. The minimum absolute atomic E-state index is 0.509. The lowest BCUT2D eigenvalue weighted by Gasteiger charge is -2.10. The van der Waals surface area contributed by atoms with Crippen LogP contribution in [0.3, 0.4) is 0 Å². The first-order valence-corrected chi connectivity index (χ1v) is 6.18. The quantitative estimate of drug-likeness (QED) is 0.877. The standard InChI is InChI=1S/C15H16N2O/c1-10-4-14(9-17-8-10)12-5-11-2-3-18-15(11)13(6-12)7-16/h4-6,8-9H,2-3,7,16H2,1H3. The third-order valence-electron chi connectivity index (χ3n) is 3.29. The van der Waals surface area contributed by atoms with Gasteiger partial charge in [0.05, 0.1) is 6.61 Å². The predicted octanol–water partition coefficient (Wildman–Crippen LogP) is 2.45. The van der Waals surface area contributed by atoms with E-state index in [0.717, 1.165) is 29.9 Å². The van der Waals surface area contributed by atoms with Gasteiger partial charge in [-0.1, -0.05) is 0 Å². The van der Waals surface area contributed by atoms with Crippen LogP contribution in [0.4, 0.5) is 0 Å². The van der Waals surface area contributed by atoms with Gasteiger partial charge in [-0.05, 0) is 41.8 Å². The van der Waals surface area contributed by atoms with Crippen LogP contribution in [-0.2, 0) is 13.0 Å². The number of benzene rings is 1. The fourth-order valence-corrected chi connectivity index (χ4v) is 2.42. The van der Waals surface area contributed by atoms with E-state index in [-0.39, 0.29) is 0 Å². The lowest BCUT2D eigenvalue weighted by atomic mass is 9.98. The number of fused-ring (bicyclic) bond motifs is 1. The fourth-order valence-electron chi connectivity index (χ4n) is 2.42. The van der Waals surface area contributed by atoms with Gasteiger partial charge in [0.25, 0.3) is 0 Å².